The largest absolute Gasteiger partial charge is 0.497 e. The summed E-state index contributed by atoms with van der Waals surface area (Å²) in [7, 11) is 4.81. The van der Waals surface area contributed by atoms with Gasteiger partial charge in [-0.3, -0.25) is 9.67 Å². The van der Waals surface area contributed by atoms with Crippen LogP contribution in [0.25, 0.3) is 5.69 Å². The lowest BCUT2D eigenvalue weighted by molar-refractivity contribution is 0.176. The van der Waals surface area contributed by atoms with Gasteiger partial charge in [0.1, 0.15) is 18.1 Å². The van der Waals surface area contributed by atoms with Gasteiger partial charge in [-0.25, -0.2) is 0 Å². The predicted octanol–water partition coefficient (Wildman–Crippen LogP) is 2.09. The Morgan fingerprint density at radius 3 is 2.68 bits per heavy atom. The summed E-state index contributed by atoms with van der Waals surface area (Å²) in [6, 6.07) is 5.49. The third-order valence-corrected chi connectivity index (χ3v) is 2.92. The van der Waals surface area contributed by atoms with E-state index in [1.54, 1.807) is 32.0 Å². The van der Waals surface area contributed by atoms with Crippen LogP contribution in [0.5, 0.6) is 11.5 Å². The van der Waals surface area contributed by atoms with E-state index in [1.165, 1.54) is 0 Å². The molecule has 0 atom stereocenters. The second-order valence-corrected chi connectivity index (χ2v) is 4.14. The molecule has 2 aromatic rings. The summed E-state index contributed by atoms with van der Waals surface area (Å²) in [6.07, 6.45) is 0. The zero-order chi connectivity index (χ0) is 13.8. The van der Waals surface area contributed by atoms with Gasteiger partial charge in [0.15, 0.2) is 10.6 Å². The number of hydrogen-bond acceptors (Lipinski definition) is 5. The second kappa shape index (κ2) is 5.85. The molecule has 0 saturated carbocycles. The molecule has 0 fully saturated rings. The number of nitrogens with zero attached hydrogens (tertiary/aromatic N) is 2. The Hall–Kier alpha value is -1.86. The molecule has 19 heavy (non-hydrogen) atoms. The number of methoxy groups -OCH3 is 3. The molecule has 1 aromatic carbocycles. The van der Waals surface area contributed by atoms with Gasteiger partial charge in [0.25, 0.3) is 0 Å². The maximum absolute atomic E-state index is 5.37. The van der Waals surface area contributed by atoms with Crippen molar-refractivity contribution in [1.82, 2.24) is 14.8 Å². The van der Waals surface area contributed by atoms with Crippen LogP contribution < -0.4 is 9.47 Å². The lowest BCUT2D eigenvalue weighted by Gasteiger charge is -2.12. The molecule has 7 heteroatoms. The van der Waals surface area contributed by atoms with Crippen molar-refractivity contribution in [3.05, 3.63) is 28.8 Å². The highest BCUT2D eigenvalue weighted by Crippen LogP contribution is 2.28. The summed E-state index contributed by atoms with van der Waals surface area (Å²) >= 11 is 5.24. The van der Waals surface area contributed by atoms with Crippen molar-refractivity contribution in [2.24, 2.45) is 0 Å². The van der Waals surface area contributed by atoms with Crippen molar-refractivity contribution in [1.29, 1.82) is 0 Å². The summed E-state index contributed by atoms with van der Waals surface area (Å²) < 4.78 is 17.9. The zero-order valence-electron chi connectivity index (χ0n) is 11.0. The molecule has 0 aliphatic heterocycles. The van der Waals surface area contributed by atoms with Crippen molar-refractivity contribution in [3.63, 3.8) is 0 Å². The molecule has 0 aliphatic carbocycles. The molecular formula is C12H15N3O3S. The van der Waals surface area contributed by atoms with E-state index in [9.17, 15) is 0 Å². The molecule has 0 spiro atoms. The Balaban J connectivity index is 2.58. The van der Waals surface area contributed by atoms with Crippen molar-refractivity contribution >= 4 is 12.2 Å². The quantitative estimate of drug-likeness (QED) is 0.850. The Labute approximate surface area is 115 Å². The van der Waals surface area contributed by atoms with Crippen LogP contribution in [0.15, 0.2) is 18.2 Å². The summed E-state index contributed by atoms with van der Waals surface area (Å²) in [6.45, 7) is 0.350. The smallest absolute Gasteiger partial charge is 0.200 e. The zero-order valence-corrected chi connectivity index (χ0v) is 11.8. The number of hydrogen-bond donors (Lipinski definition) is 1. The summed E-state index contributed by atoms with van der Waals surface area (Å²) in [5.41, 5.74) is 0.786. The molecule has 0 radical (unpaired) electrons. The molecule has 0 saturated heterocycles. The first-order valence-corrected chi connectivity index (χ1v) is 5.99. The van der Waals surface area contributed by atoms with Gasteiger partial charge in [-0.05, 0) is 24.4 Å². The lowest BCUT2D eigenvalue weighted by atomic mass is 10.2. The highest BCUT2D eigenvalue weighted by atomic mass is 32.1. The maximum Gasteiger partial charge on any atom is 0.200 e. The van der Waals surface area contributed by atoms with Gasteiger partial charge in [-0.1, -0.05) is 0 Å². The number of benzene rings is 1. The summed E-state index contributed by atoms with van der Waals surface area (Å²) in [5, 5.41) is 6.88. The van der Waals surface area contributed by atoms with E-state index in [4.69, 9.17) is 26.4 Å². The van der Waals surface area contributed by atoms with Gasteiger partial charge in [-0.15, -0.1) is 0 Å². The molecule has 0 amide bonds. The van der Waals surface area contributed by atoms with Crippen LogP contribution in [0.2, 0.25) is 0 Å². The Morgan fingerprint density at radius 2 is 2.05 bits per heavy atom. The molecule has 6 nitrogen and oxygen atoms in total. The molecule has 102 valence electrons. The fourth-order valence-corrected chi connectivity index (χ4v) is 2.02. The average Bonchev–Trinajstić information content (AvgIpc) is 2.79. The molecule has 1 aromatic heterocycles. The third-order valence-electron chi connectivity index (χ3n) is 2.64. The van der Waals surface area contributed by atoms with E-state index in [2.05, 4.69) is 10.2 Å². The minimum atomic E-state index is 0.350. The van der Waals surface area contributed by atoms with Crippen molar-refractivity contribution in [2.75, 3.05) is 21.3 Å². The van der Waals surface area contributed by atoms with Crippen LogP contribution in [-0.2, 0) is 11.3 Å². The van der Waals surface area contributed by atoms with E-state index in [1.807, 2.05) is 12.1 Å². The number of rotatable bonds is 5. The molecular weight excluding hydrogens is 266 g/mol. The second-order valence-electron chi connectivity index (χ2n) is 3.75. The fraction of sp³-hybridized carbons (Fsp3) is 0.333. The van der Waals surface area contributed by atoms with Gasteiger partial charge < -0.3 is 14.2 Å². The normalized spacial score (nSPS) is 10.5. The standard InChI is InChI=1S/C12H15N3O3S/c1-16-7-11-13-14-12(19)15(11)9-5-4-8(17-2)6-10(9)18-3/h4-6H,7H2,1-3H3,(H,14,19). The lowest BCUT2D eigenvalue weighted by Crippen LogP contribution is -2.04. The number of aromatic nitrogens is 3. The van der Waals surface area contributed by atoms with Gasteiger partial charge in [-0.2, -0.15) is 5.10 Å². The minimum absolute atomic E-state index is 0.350. The van der Waals surface area contributed by atoms with Crippen molar-refractivity contribution in [2.45, 2.75) is 6.61 Å². The first-order chi connectivity index (χ1) is 9.21. The molecule has 2 rings (SSSR count). The van der Waals surface area contributed by atoms with Crippen LogP contribution in [0.4, 0.5) is 0 Å². The highest BCUT2D eigenvalue weighted by Gasteiger charge is 2.13. The van der Waals surface area contributed by atoms with Gasteiger partial charge in [0.2, 0.25) is 0 Å². The number of ether oxygens (including phenoxy) is 3. The van der Waals surface area contributed by atoms with E-state index in [0.29, 0.717) is 28.7 Å². The van der Waals surface area contributed by atoms with Crippen molar-refractivity contribution in [3.8, 4) is 17.2 Å². The first kappa shape index (κ1) is 13.6. The monoisotopic (exact) mass is 281 g/mol. The maximum atomic E-state index is 5.37. The molecule has 0 aliphatic rings. The average molecular weight is 281 g/mol. The van der Waals surface area contributed by atoms with Crippen molar-refractivity contribution < 1.29 is 14.2 Å². The third kappa shape index (κ3) is 2.61. The molecule has 0 unspecified atom stereocenters. The first-order valence-electron chi connectivity index (χ1n) is 5.59. The number of nitrogens with one attached hydrogen (secondary N) is 1. The van der Waals surface area contributed by atoms with Crippen LogP contribution in [-0.4, -0.2) is 36.1 Å². The van der Waals surface area contributed by atoms with Crippen LogP contribution in [0.3, 0.4) is 0 Å². The Kier molecular flexibility index (Phi) is 4.18. The van der Waals surface area contributed by atoms with E-state index in [0.717, 1.165) is 5.69 Å². The van der Waals surface area contributed by atoms with Gasteiger partial charge >= 0.3 is 0 Å². The van der Waals surface area contributed by atoms with E-state index in [-0.39, 0.29) is 0 Å². The SMILES string of the molecule is COCc1n[nH]c(=S)n1-c1ccc(OC)cc1OC. The minimum Gasteiger partial charge on any atom is -0.497 e. The molecule has 1 N–H and O–H groups in total. The Morgan fingerprint density at radius 1 is 1.26 bits per heavy atom. The Bertz CT molecular complexity index is 621. The number of aromatic amines is 1. The number of H-pyrrole nitrogens is 1. The molecule has 0 bridgehead atoms. The summed E-state index contributed by atoms with van der Waals surface area (Å²) in [4.78, 5) is 0. The summed E-state index contributed by atoms with van der Waals surface area (Å²) in [5.74, 6) is 2.04. The highest BCUT2D eigenvalue weighted by molar-refractivity contribution is 7.71. The fourth-order valence-electron chi connectivity index (χ4n) is 1.77. The molecule has 1 heterocycles. The van der Waals surface area contributed by atoms with Gasteiger partial charge in [0.05, 0.1) is 19.9 Å². The van der Waals surface area contributed by atoms with E-state index < -0.39 is 0 Å². The van der Waals surface area contributed by atoms with E-state index >= 15 is 0 Å². The predicted molar refractivity (Wildman–Crippen MR) is 72.6 cm³/mol. The van der Waals surface area contributed by atoms with Crippen LogP contribution >= 0.6 is 12.2 Å². The van der Waals surface area contributed by atoms with Crippen LogP contribution in [0, 0.1) is 4.77 Å². The van der Waals surface area contributed by atoms with Gasteiger partial charge in [0, 0.05) is 13.2 Å². The van der Waals surface area contributed by atoms with Crippen LogP contribution in [0.1, 0.15) is 5.82 Å². The topological polar surface area (TPSA) is 61.3 Å².